The Labute approximate surface area is 132 Å². The summed E-state index contributed by atoms with van der Waals surface area (Å²) in [5.41, 5.74) is 1.91. The van der Waals surface area contributed by atoms with Gasteiger partial charge >= 0.3 is 5.97 Å². The molecule has 0 aliphatic carbocycles. The van der Waals surface area contributed by atoms with E-state index in [-0.39, 0.29) is 24.7 Å². The molecule has 0 radical (unpaired) electrons. The Balaban J connectivity index is 2.23. The maximum atomic E-state index is 11.2. The predicted molar refractivity (Wildman–Crippen MR) is 82.0 cm³/mol. The number of carboxylic acids is 1. The lowest BCUT2D eigenvalue weighted by atomic mass is 9.90. The number of rotatable bonds is 4. The fraction of sp³-hybridized carbons (Fsp3) is 0.235. The van der Waals surface area contributed by atoms with Crippen molar-refractivity contribution in [3.05, 3.63) is 35.4 Å². The summed E-state index contributed by atoms with van der Waals surface area (Å²) in [6, 6.07) is 6.37. The second-order valence-electron chi connectivity index (χ2n) is 5.24. The highest BCUT2D eigenvalue weighted by atomic mass is 16.7. The maximum absolute atomic E-state index is 11.2. The molecule has 120 valence electrons. The summed E-state index contributed by atoms with van der Waals surface area (Å²) < 4.78 is 10.6. The Kier molecular flexibility index (Phi) is 3.73. The summed E-state index contributed by atoms with van der Waals surface area (Å²) >= 11 is 0. The Morgan fingerprint density at radius 3 is 2.52 bits per heavy atom. The molecule has 1 heterocycles. The number of fused-ring (bicyclic) bond motifs is 1. The highest BCUT2D eigenvalue weighted by Gasteiger charge is 2.22. The van der Waals surface area contributed by atoms with Crippen LogP contribution in [-0.4, -0.2) is 28.1 Å². The Bertz CT molecular complexity index is 781. The highest BCUT2D eigenvalue weighted by molar-refractivity contribution is 5.83. The SMILES string of the molecule is CCc1c(O)cc(O)c(-c2ccc3c(c2)OCO3)c1CC(=O)O. The molecule has 0 saturated heterocycles. The van der Waals surface area contributed by atoms with Crippen LogP contribution in [0.4, 0.5) is 0 Å². The second kappa shape index (κ2) is 5.72. The number of benzene rings is 2. The van der Waals surface area contributed by atoms with Gasteiger partial charge in [0.05, 0.1) is 6.42 Å². The van der Waals surface area contributed by atoms with Gasteiger partial charge in [0.15, 0.2) is 11.5 Å². The van der Waals surface area contributed by atoms with Crippen LogP contribution in [0.3, 0.4) is 0 Å². The Morgan fingerprint density at radius 2 is 1.83 bits per heavy atom. The van der Waals surface area contributed by atoms with Gasteiger partial charge in [-0.3, -0.25) is 4.79 Å². The first-order chi connectivity index (χ1) is 11.0. The van der Waals surface area contributed by atoms with Crippen molar-refractivity contribution in [3.63, 3.8) is 0 Å². The summed E-state index contributed by atoms with van der Waals surface area (Å²) in [6.45, 7) is 1.95. The second-order valence-corrected chi connectivity index (χ2v) is 5.24. The fourth-order valence-electron chi connectivity index (χ4n) is 2.86. The molecular weight excluding hydrogens is 300 g/mol. The van der Waals surface area contributed by atoms with Crippen molar-refractivity contribution in [3.8, 4) is 34.1 Å². The van der Waals surface area contributed by atoms with E-state index in [0.29, 0.717) is 40.2 Å². The number of ether oxygens (including phenoxy) is 2. The number of carbonyl (C=O) groups is 1. The van der Waals surface area contributed by atoms with E-state index < -0.39 is 5.97 Å². The normalized spacial score (nSPS) is 12.4. The lowest BCUT2D eigenvalue weighted by molar-refractivity contribution is -0.136. The highest BCUT2D eigenvalue weighted by Crippen LogP contribution is 2.43. The summed E-state index contributed by atoms with van der Waals surface area (Å²) in [5.74, 6) is -0.177. The number of carboxylic acid groups (broad SMARTS) is 1. The molecule has 3 N–H and O–H groups in total. The molecule has 2 aromatic rings. The van der Waals surface area contributed by atoms with Crippen molar-refractivity contribution in [2.75, 3.05) is 6.79 Å². The molecule has 0 atom stereocenters. The molecule has 3 rings (SSSR count). The van der Waals surface area contributed by atoms with Crippen LogP contribution < -0.4 is 9.47 Å². The average Bonchev–Trinajstić information content (AvgIpc) is 2.94. The van der Waals surface area contributed by atoms with Gasteiger partial charge in [-0.05, 0) is 35.2 Å². The largest absolute Gasteiger partial charge is 0.508 e. The van der Waals surface area contributed by atoms with Gasteiger partial charge in [-0.15, -0.1) is 0 Å². The van der Waals surface area contributed by atoms with Gasteiger partial charge in [0.25, 0.3) is 0 Å². The van der Waals surface area contributed by atoms with E-state index in [1.54, 1.807) is 18.2 Å². The molecule has 2 aromatic carbocycles. The van der Waals surface area contributed by atoms with Crippen molar-refractivity contribution < 1.29 is 29.6 Å². The van der Waals surface area contributed by atoms with Crippen LogP contribution in [0.2, 0.25) is 0 Å². The van der Waals surface area contributed by atoms with E-state index in [4.69, 9.17) is 9.47 Å². The average molecular weight is 316 g/mol. The van der Waals surface area contributed by atoms with Gasteiger partial charge in [-0.1, -0.05) is 13.0 Å². The minimum atomic E-state index is -1.04. The van der Waals surface area contributed by atoms with Crippen LogP contribution in [0.25, 0.3) is 11.1 Å². The monoisotopic (exact) mass is 316 g/mol. The Hall–Kier alpha value is -2.89. The molecule has 0 saturated carbocycles. The number of aliphatic carboxylic acids is 1. The zero-order valence-electron chi connectivity index (χ0n) is 12.5. The molecule has 0 aromatic heterocycles. The van der Waals surface area contributed by atoms with E-state index in [1.807, 2.05) is 6.92 Å². The van der Waals surface area contributed by atoms with Crippen molar-refractivity contribution in [2.45, 2.75) is 19.8 Å². The molecule has 0 amide bonds. The zero-order chi connectivity index (χ0) is 16.6. The van der Waals surface area contributed by atoms with Crippen LogP contribution >= 0.6 is 0 Å². The molecule has 6 heteroatoms. The van der Waals surface area contributed by atoms with E-state index in [9.17, 15) is 20.1 Å². The van der Waals surface area contributed by atoms with Crippen LogP contribution in [0.5, 0.6) is 23.0 Å². The van der Waals surface area contributed by atoms with Crippen molar-refractivity contribution >= 4 is 5.97 Å². The van der Waals surface area contributed by atoms with E-state index in [0.717, 1.165) is 0 Å². The van der Waals surface area contributed by atoms with Crippen molar-refractivity contribution in [2.24, 2.45) is 0 Å². The quantitative estimate of drug-likeness (QED) is 0.802. The van der Waals surface area contributed by atoms with Gasteiger partial charge in [0, 0.05) is 11.6 Å². The van der Waals surface area contributed by atoms with Crippen molar-refractivity contribution in [1.29, 1.82) is 0 Å². The lowest BCUT2D eigenvalue weighted by Gasteiger charge is -2.16. The number of hydrogen-bond donors (Lipinski definition) is 3. The number of hydrogen-bond acceptors (Lipinski definition) is 5. The first-order valence-electron chi connectivity index (χ1n) is 7.19. The summed E-state index contributed by atoms with van der Waals surface area (Å²) in [6.07, 6.45) is 0.154. The molecule has 1 aliphatic heterocycles. The standard InChI is InChI=1S/C17H16O6/c1-2-10-11(6-16(20)21)17(13(19)7-12(10)18)9-3-4-14-15(5-9)23-8-22-14/h3-5,7,18-19H,2,6,8H2,1H3,(H,20,21). The van der Waals surface area contributed by atoms with Gasteiger partial charge in [-0.25, -0.2) is 0 Å². The lowest BCUT2D eigenvalue weighted by Crippen LogP contribution is -2.06. The first kappa shape index (κ1) is 15.0. The van der Waals surface area contributed by atoms with E-state index in [1.165, 1.54) is 6.07 Å². The van der Waals surface area contributed by atoms with Crippen LogP contribution in [-0.2, 0) is 17.6 Å². The van der Waals surface area contributed by atoms with Crippen LogP contribution in [0.1, 0.15) is 18.1 Å². The van der Waals surface area contributed by atoms with Crippen molar-refractivity contribution in [1.82, 2.24) is 0 Å². The van der Waals surface area contributed by atoms with Crippen LogP contribution in [0.15, 0.2) is 24.3 Å². The third-order valence-electron chi connectivity index (χ3n) is 3.85. The molecule has 1 aliphatic rings. The molecular formula is C17H16O6. The van der Waals surface area contributed by atoms with E-state index >= 15 is 0 Å². The summed E-state index contributed by atoms with van der Waals surface area (Å²) in [7, 11) is 0. The number of aromatic hydroxyl groups is 2. The number of phenolic OH excluding ortho intramolecular Hbond substituents is 2. The topological polar surface area (TPSA) is 96.2 Å². The maximum Gasteiger partial charge on any atom is 0.307 e. The summed E-state index contributed by atoms with van der Waals surface area (Å²) in [5, 5.41) is 29.5. The van der Waals surface area contributed by atoms with Gasteiger partial charge in [-0.2, -0.15) is 0 Å². The third kappa shape index (κ3) is 2.63. The predicted octanol–water partition coefficient (Wildman–Crippen LogP) is 2.68. The molecule has 0 unspecified atom stereocenters. The van der Waals surface area contributed by atoms with Gasteiger partial charge in [0.2, 0.25) is 6.79 Å². The van der Waals surface area contributed by atoms with Gasteiger partial charge < -0.3 is 24.8 Å². The molecule has 0 bridgehead atoms. The van der Waals surface area contributed by atoms with Gasteiger partial charge in [0.1, 0.15) is 11.5 Å². The molecule has 6 nitrogen and oxygen atoms in total. The summed E-state index contributed by atoms with van der Waals surface area (Å²) in [4.78, 5) is 11.2. The molecule has 0 spiro atoms. The smallest absolute Gasteiger partial charge is 0.307 e. The molecule has 23 heavy (non-hydrogen) atoms. The number of phenols is 2. The fourth-order valence-corrected chi connectivity index (χ4v) is 2.86. The third-order valence-corrected chi connectivity index (χ3v) is 3.85. The molecule has 0 fully saturated rings. The first-order valence-corrected chi connectivity index (χ1v) is 7.19. The minimum absolute atomic E-state index is 0.106. The van der Waals surface area contributed by atoms with Crippen LogP contribution in [0, 0.1) is 0 Å². The zero-order valence-corrected chi connectivity index (χ0v) is 12.5. The van der Waals surface area contributed by atoms with E-state index in [2.05, 4.69) is 0 Å². The minimum Gasteiger partial charge on any atom is -0.508 e. The Morgan fingerprint density at radius 1 is 1.09 bits per heavy atom.